The fourth-order valence-electron chi connectivity index (χ4n) is 3.10. The Labute approximate surface area is 147 Å². The molecule has 1 aromatic rings. The molecule has 0 spiro atoms. The van der Waals surface area contributed by atoms with Gasteiger partial charge in [0.15, 0.2) is 0 Å². The molecule has 25 heavy (non-hydrogen) atoms. The third-order valence-electron chi connectivity index (χ3n) is 4.49. The average molecular weight is 353 g/mol. The predicted octanol–water partition coefficient (Wildman–Crippen LogP) is 1.44. The fraction of sp³-hybridized carbons (Fsp3) is 0.706. The van der Waals surface area contributed by atoms with E-state index in [1.165, 1.54) is 0 Å². The monoisotopic (exact) mass is 353 g/mol. The van der Waals surface area contributed by atoms with E-state index in [0.29, 0.717) is 32.2 Å². The normalized spacial score (nSPS) is 18.1. The summed E-state index contributed by atoms with van der Waals surface area (Å²) in [7, 11) is 1.72. The molecule has 1 saturated heterocycles. The molecule has 2 heterocycles. The molecule has 1 N–H and O–H groups in total. The highest BCUT2D eigenvalue weighted by atomic mass is 16.5. The van der Waals surface area contributed by atoms with E-state index in [-0.39, 0.29) is 24.3 Å². The second kappa shape index (κ2) is 8.96. The number of hydrogen-bond donors (Lipinski definition) is 1. The standard InChI is InChI=1S/C17H27N3O5/c1-4-12(5-2)14-8-15(25-18-14)17(23)20-6-7-24-13(10-20)9-19(3)11-16(21)22/h8,12-13H,4-7,9-11H2,1-3H3,(H,21,22)/t13-/m1/s1. The predicted molar refractivity (Wildman–Crippen MR) is 90.6 cm³/mol. The summed E-state index contributed by atoms with van der Waals surface area (Å²) in [5.41, 5.74) is 0.819. The number of morpholine rings is 1. The minimum absolute atomic E-state index is 0.0608. The van der Waals surface area contributed by atoms with Gasteiger partial charge in [0.2, 0.25) is 5.76 Å². The van der Waals surface area contributed by atoms with E-state index < -0.39 is 5.97 Å². The number of carbonyl (C=O) groups is 2. The molecule has 0 aromatic carbocycles. The van der Waals surface area contributed by atoms with Crippen LogP contribution in [0.2, 0.25) is 0 Å². The van der Waals surface area contributed by atoms with E-state index >= 15 is 0 Å². The molecule has 1 fully saturated rings. The number of likely N-dealkylation sites (N-methyl/N-ethyl adjacent to an activating group) is 1. The molecule has 1 amide bonds. The van der Waals surface area contributed by atoms with Gasteiger partial charge in [-0.05, 0) is 19.9 Å². The van der Waals surface area contributed by atoms with Crippen LogP contribution in [0.4, 0.5) is 0 Å². The molecule has 0 bridgehead atoms. The summed E-state index contributed by atoms with van der Waals surface area (Å²) in [6, 6.07) is 1.74. The Morgan fingerprint density at radius 1 is 1.44 bits per heavy atom. The Bertz CT molecular complexity index is 585. The first kappa shape index (κ1) is 19.4. The van der Waals surface area contributed by atoms with Gasteiger partial charge in [0.25, 0.3) is 5.91 Å². The van der Waals surface area contributed by atoms with Crippen molar-refractivity contribution in [3.05, 3.63) is 17.5 Å². The Balaban J connectivity index is 1.96. The third kappa shape index (κ3) is 5.27. The summed E-state index contributed by atoms with van der Waals surface area (Å²) in [6.07, 6.45) is 1.68. The number of amides is 1. The molecule has 140 valence electrons. The van der Waals surface area contributed by atoms with Crippen molar-refractivity contribution in [2.75, 3.05) is 39.8 Å². The van der Waals surface area contributed by atoms with Crippen molar-refractivity contribution in [2.24, 2.45) is 0 Å². The molecule has 2 rings (SSSR count). The van der Waals surface area contributed by atoms with Crippen molar-refractivity contribution in [3.63, 3.8) is 0 Å². The highest BCUT2D eigenvalue weighted by Crippen LogP contribution is 2.23. The molecule has 8 nitrogen and oxygen atoms in total. The summed E-state index contributed by atoms with van der Waals surface area (Å²) in [5, 5.41) is 12.9. The zero-order valence-corrected chi connectivity index (χ0v) is 15.1. The van der Waals surface area contributed by atoms with Crippen molar-refractivity contribution in [3.8, 4) is 0 Å². The molecule has 8 heteroatoms. The smallest absolute Gasteiger partial charge is 0.317 e. The maximum atomic E-state index is 12.7. The Morgan fingerprint density at radius 3 is 2.80 bits per heavy atom. The van der Waals surface area contributed by atoms with Gasteiger partial charge < -0.3 is 19.3 Å². The van der Waals surface area contributed by atoms with Crippen LogP contribution in [0.15, 0.2) is 10.6 Å². The number of hydrogen-bond acceptors (Lipinski definition) is 6. The van der Waals surface area contributed by atoms with Gasteiger partial charge in [-0.2, -0.15) is 0 Å². The van der Waals surface area contributed by atoms with Crippen LogP contribution in [0.25, 0.3) is 0 Å². The summed E-state index contributed by atoms with van der Waals surface area (Å²) in [6.45, 7) is 5.88. The van der Waals surface area contributed by atoms with Crippen LogP contribution in [-0.4, -0.2) is 77.9 Å². The summed E-state index contributed by atoms with van der Waals surface area (Å²) < 4.78 is 10.9. The van der Waals surface area contributed by atoms with Crippen molar-refractivity contribution >= 4 is 11.9 Å². The number of carbonyl (C=O) groups excluding carboxylic acids is 1. The van der Waals surface area contributed by atoms with Crippen LogP contribution in [0.5, 0.6) is 0 Å². The molecule has 1 aliphatic heterocycles. The summed E-state index contributed by atoms with van der Waals surface area (Å²) in [5.74, 6) is -0.533. The van der Waals surface area contributed by atoms with Crippen LogP contribution in [-0.2, 0) is 9.53 Å². The molecule has 1 aromatic heterocycles. The summed E-state index contributed by atoms with van der Waals surface area (Å²) in [4.78, 5) is 26.7. The van der Waals surface area contributed by atoms with Gasteiger partial charge in [-0.3, -0.25) is 14.5 Å². The molecule has 1 aliphatic rings. The van der Waals surface area contributed by atoms with Crippen molar-refractivity contribution < 1.29 is 24.0 Å². The lowest BCUT2D eigenvalue weighted by molar-refractivity contribution is -0.138. The number of aliphatic carboxylic acids is 1. The van der Waals surface area contributed by atoms with E-state index in [2.05, 4.69) is 19.0 Å². The Kier molecular flexibility index (Phi) is 6.95. The van der Waals surface area contributed by atoms with Crippen molar-refractivity contribution in [2.45, 2.75) is 38.7 Å². The van der Waals surface area contributed by atoms with Crippen LogP contribution < -0.4 is 0 Å². The second-order valence-corrected chi connectivity index (χ2v) is 6.46. The molecule has 0 saturated carbocycles. The molecule has 0 unspecified atom stereocenters. The lowest BCUT2D eigenvalue weighted by atomic mass is 9.99. The number of nitrogens with zero attached hydrogens (tertiary/aromatic N) is 3. The number of rotatable bonds is 8. The maximum Gasteiger partial charge on any atom is 0.317 e. The van der Waals surface area contributed by atoms with E-state index in [4.69, 9.17) is 14.4 Å². The topological polar surface area (TPSA) is 96.1 Å². The second-order valence-electron chi connectivity index (χ2n) is 6.46. The lowest BCUT2D eigenvalue weighted by Crippen LogP contribution is -2.49. The van der Waals surface area contributed by atoms with Crippen LogP contribution >= 0.6 is 0 Å². The summed E-state index contributed by atoms with van der Waals surface area (Å²) >= 11 is 0. The maximum absolute atomic E-state index is 12.7. The fourth-order valence-corrected chi connectivity index (χ4v) is 3.10. The zero-order chi connectivity index (χ0) is 18.4. The number of aromatic nitrogens is 1. The minimum Gasteiger partial charge on any atom is -0.480 e. The SMILES string of the molecule is CCC(CC)c1cc(C(=O)N2CCO[C@H](CN(C)CC(=O)O)C2)on1. The first-order valence-corrected chi connectivity index (χ1v) is 8.72. The molecule has 0 aliphatic carbocycles. The first-order valence-electron chi connectivity index (χ1n) is 8.72. The van der Waals surface area contributed by atoms with Gasteiger partial charge >= 0.3 is 5.97 Å². The van der Waals surface area contributed by atoms with Gasteiger partial charge in [-0.1, -0.05) is 19.0 Å². The highest BCUT2D eigenvalue weighted by molar-refractivity contribution is 5.91. The largest absolute Gasteiger partial charge is 0.480 e. The number of carboxylic acids is 1. The van der Waals surface area contributed by atoms with E-state index in [1.54, 1.807) is 22.9 Å². The quantitative estimate of drug-likeness (QED) is 0.755. The van der Waals surface area contributed by atoms with Crippen molar-refractivity contribution in [1.29, 1.82) is 0 Å². The lowest BCUT2D eigenvalue weighted by Gasteiger charge is -2.34. The van der Waals surface area contributed by atoms with Crippen LogP contribution in [0.1, 0.15) is 48.9 Å². The number of carboxylic acid groups (broad SMARTS) is 1. The van der Waals surface area contributed by atoms with Crippen LogP contribution in [0.3, 0.4) is 0 Å². The van der Waals surface area contributed by atoms with Crippen molar-refractivity contribution in [1.82, 2.24) is 15.0 Å². The molecular weight excluding hydrogens is 326 g/mol. The first-order chi connectivity index (χ1) is 11.9. The highest BCUT2D eigenvalue weighted by Gasteiger charge is 2.28. The van der Waals surface area contributed by atoms with E-state index in [1.807, 2.05) is 0 Å². The average Bonchev–Trinajstić information content (AvgIpc) is 3.04. The minimum atomic E-state index is -0.887. The molecule has 0 radical (unpaired) electrons. The van der Waals surface area contributed by atoms with Crippen LogP contribution in [0, 0.1) is 0 Å². The van der Waals surface area contributed by atoms with Gasteiger partial charge in [-0.25, -0.2) is 0 Å². The Morgan fingerprint density at radius 2 is 2.16 bits per heavy atom. The molecule has 1 atom stereocenters. The van der Waals surface area contributed by atoms with Gasteiger partial charge in [-0.15, -0.1) is 0 Å². The third-order valence-corrected chi connectivity index (χ3v) is 4.49. The van der Waals surface area contributed by atoms with Gasteiger partial charge in [0.1, 0.15) is 0 Å². The molecular formula is C17H27N3O5. The van der Waals surface area contributed by atoms with E-state index in [0.717, 1.165) is 18.5 Å². The number of ether oxygens (including phenoxy) is 1. The Hall–Kier alpha value is -1.93. The zero-order valence-electron chi connectivity index (χ0n) is 15.1. The van der Waals surface area contributed by atoms with Gasteiger partial charge in [0.05, 0.1) is 24.9 Å². The van der Waals surface area contributed by atoms with Gasteiger partial charge in [0, 0.05) is 31.6 Å². The van der Waals surface area contributed by atoms with E-state index in [9.17, 15) is 9.59 Å².